The van der Waals surface area contributed by atoms with E-state index in [2.05, 4.69) is 19.5 Å². The van der Waals surface area contributed by atoms with Crippen molar-refractivity contribution in [2.45, 2.75) is 26.3 Å². The summed E-state index contributed by atoms with van der Waals surface area (Å²) in [6.45, 7) is 4.80. The predicted octanol–water partition coefficient (Wildman–Crippen LogP) is 2.46. The van der Waals surface area contributed by atoms with Crippen LogP contribution in [-0.2, 0) is 0 Å². The highest BCUT2D eigenvalue weighted by atomic mass is 28.2. The van der Waals surface area contributed by atoms with Crippen LogP contribution in [0.4, 0.5) is 11.4 Å². The van der Waals surface area contributed by atoms with Gasteiger partial charge in [0.1, 0.15) is 11.4 Å². The minimum absolute atomic E-state index is 0.101. The first-order valence-electron chi connectivity index (χ1n) is 6.31. The molecule has 0 aliphatic carbocycles. The topological polar surface area (TPSA) is 78.4 Å². The molecule has 0 fully saturated rings. The molecular weight excluding hydrogens is 260 g/mol. The second-order valence-electron chi connectivity index (χ2n) is 4.60. The third-order valence-electron chi connectivity index (χ3n) is 2.62. The second-order valence-corrected chi connectivity index (χ2v) is 6.30. The van der Waals surface area contributed by atoms with Crippen LogP contribution in [0.2, 0.25) is 6.04 Å². The molecule has 0 heterocycles. The van der Waals surface area contributed by atoms with Gasteiger partial charge in [0, 0.05) is 9.52 Å². The molecule has 0 aromatic heterocycles. The van der Waals surface area contributed by atoms with E-state index in [1.54, 1.807) is 6.07 Å². The molecule has 0 radical (unpaired) electrons. The molecule has 0 aliphatic heterocycles. The molecule has 1 aromatic carbocycles. The molecular formula is C13H20N2O3Si. The Morgan fingerprint density at radius 3 is 2.89 bits per heavy atom. The van der Waals surface area contributed by atoms with E-state index < -0.39 is 4.92 Å². The highest BCUT2D eigenvalue weighted by molar-refractivity contribution is 6.42. The fraction of sp³-hybridized carbons (Fsp3) is 0.385. The van der Waals surface area contributed by atoms with Gasteiger partial charge in [-0.3, -0.25) is 10.1 Å². The Hall–Kier alpha value is -1.82. The quantitative estimate of drug-likeness (QED) is 0.273. The van der Waals surface area contributed by atoms with E-state index in [1.807, 2.05) is 0 Å². The van der Waals surface area contributed by atoms with E-state index in [4.69, 9.17) is 10.5 Å². The third-order valence-corrected chi connectivity index (χ3v) is 4.63. The molecule has 0 atom stereocenters. The van der Waals surface area contributed by atoms with Crippen molar-refractivity contribution in [1.29, 1.82) is 0 Å². The summed E-state index contributed by atoms with van der Waals surface area (Å²) in [6.07, 6.45) is 0.980. The Labute approximate surface area is 115 Å². The molecule has 1 rings (SSSR count). The largest absolute Gasteiger partial charge is 0.493 e. The van der Waals surface area contributed by atoms with Gasteiger partial charge in [0.05, 0.1) is 17.6 Å². The SMILES string of the molecule is CC(C)=C[SiH2]CCCOc1ccc(N)c([N+](=O)[O-])c1. The van der Waals surface area contributed by atoms with Crippen LogP contribution in [0.5, 0.6) is 5.75 Å². The van der Waals surface area contributed by atoms with Gasteiger partial charge in [-0.05, 0) is 32.4 Å². The predicted molar refractivity (Wildman–Crippen MR) is 80.4 cm³/mol. The Bertz CT molecular complexity index is 471. The molecule has 6 heteroatoms. The monoisotopic (exact) mass is 280 g/mol. The first-order chi connectivity index (χ1) is 9.00. The van der Waals surface area contributed by atoms with Gasteiger partial charge in [-0.15, -0.1) is 5.70 Å². The van der Waals surface area contributed by atoms with Gasteiger partial charge in [0.15, 0.2) is 0 Å². The summed E-state index contributed by atoms with van der Waals surface area (Å²) in [5, 5.41) is 10.7. The van der Waals surface area contributed by atoms with E-state index in [1.165, 1.54) is 23.7 Å². The smallest absolute Gasteiger partial charge is 0.295 e. The zero-order valence-corrected chi connectivity index (χ0v) is 12.8. The molecule has 19 heavy (non-hydrogen) atoms. The number of nitrogens with two attached hydrogens (primary N) is 1. The lowest BCUT2D eigenvalue weighted by molar-refractivity contribution is -0.384. The summed E-state index contributed by atoms with van der Waals surface area (Å²) >= 11 is 0. The van der Waals surface area contributed by atoms with Crippen molar-refractivity contribution in [3.63, 3.8) is 0 Å². The number of nitro benzene ring substituents is 1. The molecule has 2 N–H and O–H groups in total. The Morgan fingerprint density at radius 2 is 2.26 bits per heavy atom. The fourth-order valence-electron chi connectivity index (χ4n) is 1.60. The van der Waals surface area contributed by atoms with Crippen molar-refractivity contribution in [1.82, 2.24) is 0 Å². The lowest BCUT2D eigenvalue weighted by Crippen LogP contribution is -2.01. The van der Waals surface area contributed by atoms with Crippen molar-refractivity contribution in [3.05, 3.63) is 39.6 Å². The Kier molecular flexibility index (Phi) is 6.08. The fourth-order valence-corrected chi connectivity index (χ4v) is 2.87. The van der Waals surface area contributed by atoms with E-state index in [-0.39, 0.29) is 20.9 Å². The lowest BCUT2D eigenvalue weighted by Gasteiger charge is -2.06. The highest BCUT2D eigenvalue weighted by Crippen LogP contribution is 2.26. The standard InChI is InChI=1S/C13H20N2O3Si/c1-10(2)9-19-7-3-6-18-11-4-5-12(14)13(8-11)15(16)17/h4-5,8-9H,3,6-7,14,19H2,1-2H3. The number of hydrogen-bond acceptors (Lipinski definition) is 4. The van der Waals surface area contributed by atoms with Crippen molar-refractivity contribution in [2.75, 3.05) is 12.3 Å². The summed E-state index contributed by atoms with van der Waals surface area (Å²) < 4.78 is 5.50. The number of anilines is 1. The molecule has 0 aliphatic rings. The van der Waals surface area contributed by atoms with Gasteiger partial charge in [-0.25, -0.2) is 0 Å². The van der Waals surface area contributed by atoms with Gasteiger partial charge < -0.3 is 10.5 Å². The molecule has 0 amide bonds. The number of allylic oxidation sites excluding steroid dienone is 1. The number of nitro groups is 1. The third kappa shape index (κ3) is 5.56. The van der Waals surface area contributed by atoms with Crippen LogP contribution >= 0.6 is 0 Å². The van der Waals surface area contributed by atoms with E-state index >= 15 is 0 Å². The van der Waals surface area contributed by atoms with E-state index in [0.29, 0.717) is 12.4 Å². The summed E-state index contributed by atoms with van der Waals surface area (Å²) in [7, 11) is -0.134. The second kappa shape index (κ2) is 7.58. The zero-order chi connectivity index (χ0) is 14.3. The molecule has 0 spiro atoms. The minimum Gasteiger partial charge on any atom is -0.493 e. The van der Waals surface area contributed by atoms with Crippen LogP contribution in [-0.4, -0.2) is 21.0 Å². The highest BCUT2D eigenvalue weighted by Gasteiger charge is 2.12. The molecule has 0 unspecified atom stereocenters. The number of nitrogens with zero attached hydrogens (tertiary/aromatic N) is 1. The van der Waals surface area contributed by atoms with Gasteiger partial charge in [-0.2, -0.15) is 0 Å². The van der Waals surface area contributed by atoms with Crippen LogP contribution in [0.3, 0.4) is 0 Å². The maximum absolute atomic E-state index is 10.7. The summed E-state index contributed by atoms with van der Waals surface area (Å²) in [4.78, 5) is 10.2. The normalized spacial score (nSPS) is 10.6. The van der Waals surface area contributed by atoms with Crippen LogP contribution in [0.25, 0.3) is 0 Å². The van der Waals surface area contributed by atoms with Crippen molar-refractivity contribution >= 4 is 20.9 Å². The molecule has 0 saturated heterocycles. The van der Waals surface area contributed by atoms with Crippen LogP contribution in [0, 0.1) is 10.1 Å². The summed E-state index contributed by atoms with van der Waals surface area (Å²) in [6, 6.07) is 5.73. The maximum Gasteiger partial charge on any atom is 0.295 e. The van der Waals surface area contributed by atoms with Gasteiger partial charge >= 0.3 is 0 Å². The minimum atomic E-state index is -0.496. The van der Waals surface area contributed by atoms with Crippen molar-refractivity contribution in [3.8, 4) is 5.75 Å². The number of hydrogen-bond donors (Lipinski definition) is 1. The van der Waals surface area contributed by atoms with Crippen LogP contribution in [0.15, 0.2) is 29.5 Å². The molecule has 0 saturated carbocycles. The van der Waals surface area contributed by atoms with Gasteiger partial charge in [0.2, 0.25) is 0 Å². The summed E-state index contributed by atoms with van der Waals surface area (Å²) in [5.41, 5.74) is 9.28. The number of nitrogen functional groups attached to an aromatic ring is 1. The first-order valence-corrected chi connectivity index (χ1v) is 8.12. The van der Waals surface area contributed by atoms with E-state index in [0.717, 1.165) is 6.42 Å². The van der Waals surface area contributed by atoms with Gasteiger partial charge in [0.25, 0.3) is 5.69 Å². The Balaban J connectivity index is 2.40. The van der Waals surface area contributed by atoms with Gasteiger partial charge in [-0.1, -0.05) is 11.6 Å². The number of benzene rings is 1. The number of ether oxygens (including phenoxy) is 1. The number of rotatable bonds is 7. The van der Waals surface area contributed by atoms with Crippen LogP contribution in [0.1, 0.15) is 20.3 Å². The molecule has 1 aromatic rings. The average molecular weight is 280 g/mol. The average Bonchev–Trinajstić information content (AvgIpc) is 2.34. The lowest BCUT2D eigenvalue weighted by atomic mass is 10.2. The zero-order valence-electron chi connectivity index (χ0n) is 11.4. The maximum atomic E-state index is 10.7. The molecule has 5 nitrogen and oxygen atoms in total. The van der Waals surface area contributed by atoms with E-state index in [9.17, 15) is 10.1 Å². The first kappa shape index (κ1) is 15.2. The summed E-state index contributed by atoms with van der Waals surface area (Å²) in [5.74, 6) is 0.504. The van der Waals surface area contributed by atoms with Crippen molar-refractivity contribution in [2.24, 2.45) is 0 Å². The Morgan fingerprint density at radius 1 is 1.53 bits per heavy atom. The molecule has 104 valence electrons. The van der Waals surface area contributed by atoms with Crippen LogP contribution < -0.4 is 10.5 Å². The van der Waals surface area contributed by atoms with Crippen molar-refractivity contribution < 1.29 is 9.66 Å². The molecule has 0 bridgehead atoms.